The maximum atomic E-state index is 12.0. The second kappa shape index (κ2) is 5.92. The normalized spacial score (nSPS) is 11.8. The van der Waals surface area contributed by atoms with Crippen LogP contribution < -0.4 is 0 Å². The minimum Gasteiger partial charge on any atom is -0.303 e. The van der Waals surface area contributed by atoms with Crippen molar-refractivity contribution in [3.63, 3.8) is 0 Å². The fourth-order valence-electron chi connectivity index (χ4n) is 1.89. The van der Waals surface area contributed by atoms with E-state index >= 15 is 0 Å². The van der Waals surface area contributed by atoms with E-state index in [1.807, 2.05) is 48.5 Å². The lowest BCUT2D eigenvalue weighted by Crippen LogP contribution is -2.08. The molecule has 0 amide bonds. The van der Waals surface area contributed by atoms with Crippen molar-refractivity contribution in [1.29, 1.82) is 0 Å². The summed E-state index contributed by atoms with van der Waals surface area (Å²) in [5.74, 6) is -0.365. The standard InChI is InChI=1S/C16H14O2/c17-12-15(13-7-3-1-4-8-13)11-16(18)14-9-5-2-6-10-14/h1-10,12,15H,11H2/t15-/m1/s1. The largest absolute Gasteiger partial charge is 0.303 e. The second-order valence-corrected chi connectivity index (χ2v) is 4.15. The zero-order valence-electron chi connectivity index (χ0n) is 9.95. The third-order valence-electron chi connectivity index (χ3n) is 2.89. The fraction of sp³-hybridized carbons (Fsp3) is 0.125. The monoisotopic (exact) mass is 238 g/mol. The van der Waals surface area contributed by atoms with E-state index in [0.29, 0.717) is 5.56 Å². The number of carbonyl (C=O) groups excluding carboxylic acids is 2. The molecule has 2 rings (SSSR count). The Labute approximate surface area is 106 Å². The Morgan fingerprint density at radius 3 is 2.06 bits per heavy atom. The highest BCUT2D eigenvalue weighted by Crippen LogP contribution is 2.19. The Morgan fingerprint density at radius 2 is 1.50 bits per heavy atom. The summed E-state index contributed by atoms with van der Waals surface area (Å²) in [5.41, 5.74) is 1.54. The summed E-state index contributed by atoms with van der Waals surface area (Å²) in [7, 11) is 0. The van der Waals surface area contributed by atoms with Gasteiger partial charge in [0.15, 0.2) is 5.78 Å². The molecular weight excluding hydrogens is 224 g/mol. The van der Waals surface area contributed by atoms with Crippen LogP contribution in [0.5, 0.6) is 0 Å². The van der Waals surface area contributed by atoms with Gasteiger partial charge in [0, 0.05) is 17.9 Å². The number of ketones is 1. The molecule has 0 radical (unpaired) electrons. The highest BCUT2D eigenvalue weighted by Gasteiger charge is 2.15. The Bertz CT molecular complexity index is 517. The number of hydrogen-bond acceptors (Lipinski definition) is 2. The first kappa shape index (κ1) is 12.2. The van der Waals surface area contributed by atoms with Crippen molar-refractivity contribution in [2.24, 2.45) is 0 Å². The molecular formula is C16H14O2. The van der Waals surface area contributed by atoms with Crippen LogP contribution in [0, 0.1) is 0 Å². The van der Waals surface area contributed by atoms with Crippen LogP contribution in [0.4, 0.5) is 0 Å². The van der Waals surface area contributed by atoms with Crippen molar-refractivity contribution in [1.82, 2.24) is 0 Å². The molecule has 2 aromatic rings. The summed E-state index contributed by atoms with van der Waals surface area (Å²) in [6.07, 6.45) is 1.06. The van der Waals surface area contributed by atoms with Crippen LogP contribution in [0.1, 0.15) is 28.3 Å². The number of benzene rings is 2. The van der Waals surface area contributed by atoms with E-state index in [0.717, 1.165) is 11.8 Å². The summed E-state index contributed by atoms with van der Waals surface area (Å²) >= 11 is 0. The molecule has 2 aromatic carbocycles. The van der Waals surface area contributed by atoms with Crippen molar-refractivity contribution >= 4 is 12.1 Å². The molecule has 0 saturated carbocycles. The molecule has 0 saturated heterocycles. The van der Waals surface area contributed by atoms with Gasteiger partial charge >= 0.3 is 0 Å². The lowest BCUT2D eigenvalue weighted by atomic mass is 9.93. The van der Waals surface area contributed by atoms with Gasteiger partial charge in [0.1, 0.15) is 6.29 Å². The molecule has 0 unspecified atom stereocenters. The molecule has 0 heterocycles. The van der Waals surface area contributed by atoms with Gasteiger partial charge < -0.3 is 4.79 Å². The van der Waals surface area contributed by atoms with Crippen LogP contribution in [-0.4, -0.2) is 12.1 Å². The molecule has 0 fully saturated rings. The molecule has 0 aliphatic rings. The van der Waals surface area contributed by atoms with Gasteiger partial charge in [-0.1, -0.05) is 60.7 Å². The van der Waals surface area contributed by atoms with Crippen molar-refractivity contribution in [3.05, 3.63) is 71.8 Å². The van der Waals surface area contributed by atoms with E-state index in [9.17, 15) is 9.59 Å². The van der Waals surface area contributed by atoms with Crippen LogP contribution in [0.25, 0.3) is 0 Å². The van der Waals surface area contributed by atoms with Gasteiger partial charge in [-0.3, -0.25) is 4.79 Å². The SMILES string of the molecule is O=C[C@@H](CC(=O)c1ccccc1)c1ccccc1. The average Bonchev–Trinajstić information content (AvgIpc) is 2.46. The van der Waals surface area contributed by atoms with E-state index in [1.165, 1.54) is 0 Å². The fourth-order valence-corrected chi connectivity index (χ4v) is 1.89. The summed E-state index contributed by atoms with van der Waals surface area (Å²) in [4.78, 5) is 23.1. The van der Waals surface area contributed by atoms with Crippen molar-refractivity contribution < 1.29 is 9.59 Å². The summed E-state index contributed by atoms with van der Waals surface area (Å²) in [5, 5.41) is 0. The first-order chi connectivity index (χ1) is 8.81. The Morgan fingerprint density at radius 1 is 0.944 bits per heavy atom. The maximum absolute atomic E-state index is 12.0. The summed E-state index contributed by atoms with van der Waals surface area (Å²) in [6.45, 7) is 0. The Balaban J connectivity index is 2.13. The number of Topliss-reactive ketones (excluding diaryl/α,β-unsaturated/α-hetero) is 1. The van der Waals surface area contributed by atoms with Gasteiger partial charge in [-0.25, -0.2) is 0 Å². The van der Waals surface area contributed by atoms with Crippen molar-refractivity contribution in [2.75, 3.05) is 0 Å². The van der Waals surface area contributed by atoms with Crippen molar-refractivity contribution in [2.45, 2.75) is 12.3 Å². The summed E-state index contributed by atoms with van der Waals surface area (Å²) in [6, 6.07) is 18.4. The number of carbonyl (C=O) groups is 2. The van der Waals surface area contributed by atoms with Gasteiger partial charge in [0.25, 0.3) is 0 Å². The minimum absolute atomic E-state index is 0.00319. The number of aldehydes is 1. The van der Waals surface area contributed by atoms with Crippen molar-refractivity contribution in [3.8, 4) is 0 Å². The van der Waals surface area contributed by atoms with E-state index in [4.69, 9.17) is 0 Å². The molecule has 0 bridgehead atoms. The lowest BCUT2D eigenvalue weighted by Gasteiger charge is -2.09. The lowest BCUT2D eigenvalue weighted by molar-refractivity contribution is -0.109. The third-order valence-corrected chi connectivity index (χ3v) is 2.89. The van der Waals surface area contributed by atoms with Gasteiger partial charge in [0.05, 0.1) is 0 Å². The molecule has 0 N–H and O–H groups in total. The molecule has 18 heavy (non-hydrogen) atoms. The van der Waals surface area contributed by atoms with Crippen LogP contribution in [0.2, 0.25) is 0 Å². The highest BCUT2D eigenvalue weighted by atomic mass is 16.1. The number of hydrogen-bond donors (Lipinski definition) is 0. The highest BCUT2D eigenvalue weighted by molar-refractivity contribution is 5.98. The third kappa shape index (κ3) is 2.92. The molecule has 0 spiro atoms. The van der Waals surface area contributed by atoms with Crippen LogP contribution in [-0.2, 0) is 4.79 Å². The van der Waals surface area contributed by atoms with Gasteiger partial charge in [-0.15, -0.1) is 0 Å². The zero-order valence-corrected chi connectivity index (χ0v) is 9.95. The number of rotatable bonds is 5. The van der Waals surface area contributed by atoms with Crippen LogP contribution in [0.15, 0.2) is 60.7 Å². The molecule has 2 heteroatoms. The summed E-state index contributed by atoms with van der Waals surface area (Å²) < 4.78 is 0. The molecule has 0 aliphatic heterocycles. The molecule has 1 atom stereocenters. The first-order valence-corrected chi connectivity index (χ1v) is 5.90. The Kier molecular flexibility index (Phi) is 4.02. The first-order valence-electron chi connectivity index (χ1n) is 5.90. The minimum atomic E-state index is -0.362. The quantitative estimate of drug-likeness (QED) is 0.592. The van der Waals surface area contributed by atoms with E-state index in [1.54, 1.807) is 12.1 Å². The van der Waals surface area contributed by atoms with E-state index in [2.05, 4.69) is 0 Å². The zero-order chi connectivity index (χ0) is 12.8. The van der Waals surface area contributed by atoms with Crippen LogP contribution in [0.3, 0.4) is 0 Å². The van der Waals surface area contributed by atoms with Gasteiger partial charge in [0.2, 0.25) is 0 Å². The molecule has 0 aromatic heterocycles. The second-order valence-electron chi connectivity index (χ2n) is 4.15. The van der Waals surface area contributed by atoms with Gasteiger partial charge in [-0.05, 0) is 5.56 Å². The Hall–Kier alpha value is -2.22. The molecule has 90 valence electrons. The maximum Gasteiger partial charge on any atom is 0.163 e. The predicted molar refractivity (Wildman–Crippen MR) is 70.6 cm³/mol. The van der Waals surface area contributed by atoms with E-state index in [-0.39, 0.29) is 18.1 Å². The predicted octanol–water partition coefficient (Wildman–Crippen LogP) is 3.24. The van der Waals surface area contributed by atoms with E-state index < -0.39 is 0 Å². The smallest absolute Gasteiger partial charge is 0.163 e. The van der Waals surface area contributed by atoms with Gasteiger partial charge in [-0.2, -0.15) is 0 Å². The topological polar surface area (TPSA) is 34.1 Å². The average molecular weight is 238 g/mol. The molecule has 2 nitrogen and oxygen atoms in total. The van der Waals surface area contributed by atoms with Crippen LogP contribution >= 0.6 is 0 Å². The molecule has 0 aliphatic carbocycles.